The maximum atomic E-state index is 5.90. The minimum Gasteiger partial charge on any atom is -0.457 e. The van der Waals surface area contributed by atoms with Gasteiger partial charge in [0.25, 0.3) is 0 Å². The first-order valence-electron chi connectivity index (χ1n) is 6.47. The summed E-state index contributed by atoms with van der Waals surface area (Å²) in [5.74, 6) is 1.59. The summed E-state index contributed by atoms with van der Waals surface area (Å²) < 4.78 is 11.9. The van der Waals surface area contributed by atoms with Crippen LogP contribution >= 0.6 is 15.9 Å². The van der Waals surface area contributed by atoms with Crippen molar-refractivity contribution in [3.8, 4) is 11.5 Å². The van der Waals surface area contributed by atoms with Gasteiger partial charge in [0.1, 0.15) is 11.5 Å². The van der Waals surface area contributed by atoms with E-state index in [0.29, 0.717) is 6.54 Å². The predicted octanol–water partition coefficient (Wildman–Crippen LogP) is 3.89. The number of nitrogens with two attached hydrogens (primary N) is 1. The number of ether oxygens (including phenoxy) is 2. The number of hydrogen-bond donors (Lipinski definition) is 1. The van der Waals surface area contributed by atoms with Gasteiger partial charge in [-0.1, -0.05) is 34.1 Å². The Labute approximate surface area is 127 Å². The summed E-state index contributed by atoms with van der Waals surface area (Å²) in [5, 5.41) is 0. The van der Waals surface area contributed by atoms with Crippen molar-refractivity contribution < 1.29 is 9.47 Å². The highest BCUT2D eigenvalue weighted by Crippen LogP contribution is 2.28. The molecule has 2 N–H and O–H groups in total. The monoisotopic (exact) mass is 335 g/mol. The smallest absolute Gasteiger partial charge is 0.133 e. The highest BCUT2D eigenvalue weighted by molar-refractivity contribution is 9.10. The summed E-state index contributed by atoms with van der Waals surface area (Å²) >= 11 is 3.44. The third-order valence-corrected chi connectivity index (χ3v) is 3.49. The van der Waals surface area contributed by atoms with E-state index in [4.69, 9.17) is 15.2 Å². The summed E-state index contributed by atoms with van der Waals surface area (Å²) in [4.78, 5) is 0. The third-order valence-electron chi connectivity index (χ3n) is 3.00. The number of halogens is 1. The van der Waals surface area contributed by atoms with E-state index < -0.39 is 0 Å². The second-order valence-corrected chi connectivity index (χ2v) is 5.36. The first kappa shape index (κ1) is 15.0. The highest BCUT2D eigenvalue weighted by atomic mass is 79.9. The molecule has 0 spiro atoms. The molecule has 0 unspecified atom stereocenters. The molecule has 2 aromatic rings. The van der Waals surface area contributed by atoms with Crippen molar-refractivity contribution >= 4 is 15.9 Å². The lowest BCUT2D eigenvalue weighted by Crippen LogP contribution is -1.99. The molecule has 0 saturated heterocycles. The van der Waals surface area contributed by atoms with Crippen LogP contribution in [0.2, 0.25) is 0 Å². The maximum Gasteiger partial charge on any atom is 0.133 e. The molecule has 0 aliphatic rings. The van der Waals surface area contributed by atoms with Gasteiger partial charge in [-0.05, 0) is 36.2 Å². The van der Waals surface area contributed by atoms with E-state index in [0.717, 1.165) is 34.6 Å². The molecule has 0 saturated carbocycles. The van der Waals surface area contributed by atoms with Crippen molar-refractivity contribution in [2.24, 2.45) is 5.73 Å². The standard InChI is InChI=1S/C16H18BrNO2/c1-19-9-8-12-2-6-15(7-3-12)20-16-10-14(17)5-4-13(16)11-18/h2-7,10H,8-9,11,18H2,1H3. The fourth-order valence-electron chi connectivity index (χ4n) is 1.86. The van der Waals surface area contributed by atoms with Crippen LogP contribution in [0.4, 0.5) is 0 Å². The van der Waals surface area contributed by atoms with Gasteiger partial charge in [-0.2, -0.15) is 0 Å². The van der Waals surface area contributed by atoms with Gasteiger partial charge in [-0.15, -0.1) is 0 Å². The van der Waals surface area contributed by atoms with E-state index >= 15 is 0 Å². The Morgan fingerprint density at radius 2 is 1.85 bits per heavy atom. The molecule has 106 valence electrons. The normalized spacial score (nSPS) is 10.6. The second-order valence-electron chi connectivity index (χ2n) is 4.44. The number of hydrogen-bond acceptors (Lipinski definition) is 3. The summed E-state index contributed by atoms with van der Waals surface area (Å²) in [7, 11) is 1.71. The van der Waals surface area contributed by atoms with Crippen molar-refractivity contribution in [1.82, 2.24) is 0 Å². The highest BCUT2D eigenvalue weighted by Gasteiger charge is 2.05. The quantitative estimate of drug-likeness (QED) is 0.870. The largest absolute Gasteiger partial charge is 0.457 e. The Morgan fingerprint density at radius 3 is 2.50 bits per heavy atom. The molecular formula is C16H18BrNO2. The fraction of sp³-hybridized carbons (Fsp3) is 0.250. The summed E-state index contributed by atoms with van der Waals surface area (Å²) in [6.07, 6.45) is 0.904. The van der Waals surface area contributed by atoms with Crippen LogP contribution in [0.25, 0.3) is 0 Å². The SMILES string of the molecule is COCCc1ccc(Oc2cc(Br)ccc2CN)cc1. The summed E-state index contributed by atoms with van der Waals surface area (Å²) in [6, 6.07) is 13.9. The van der Waals surface area contributed by atoms with Gasteiger partial charge < -0.3 is 15.2 Å². The molecule has 2 rings (SSSR count). The van der Waals surface area contributed by atoms with Gasteiger partial charge in [0.2, 0.25) is 0 Å². The minimum absolute atomic E-state index is 0.453. The molecular weight excluding hydrogens is 318 g/mol. The molecule has 0 bridgehead atoms. The molecule has 3 nitrogen and oxygen atoms in total. The molecule has 20 heavy (non-hydrogen) atoms. The molecule has 0 heterocycles. The van der Waals surface area contributed by atoms with Gasteiger partial charge in [-0.25, -0.2) is 0 Å². The molecule has 4 heteroatoms. The van der Waals surface area contributed by atoms with Gasteiger partial charge in [0.05, 0.1) is 6.61 Å². The van der Waals surface area contributed by atoms with Crippen molar-refractivity contribution in [2.75, 3.05) is 13.7 Å². The molecule has 0 atom stereocenters. The second kappa shape index (κ2) is 7.43. The van der Waals surface area contributed by atoms with Crippen LogP contribution in [0.3, 0.4) is 0 Å². The van der Waals surface area contributed by atoms with Gasteiger partial charge in [0, 0.05) is 23.7 Å². The van der Waals surface area contributed by atoms with Crippen LogP contribution < -0.4 is 10.5 Å². The van der Waals surface area contributed by atoms with Crippen LogP contribution in [0.5, 0.6) is 11.5 Å². The lowest BCUT2D eigenvalue weighted by molar-refractivity contribution is 0.202. The van der Waals surface area contributed by atoms with E-state index in [1.807, 2.05) is 30.3 Å². The maximum absolute atomic E-state index is 5.90. The van der Waals surface area contributed by atoms with Crippen LogP contribution in [-0.2, 0) is 17.7 Å². The topological polar surface area (TPSA) is 44.5 Å². The predicted molar refractivity (Wildman–Crippen MR) is 84.1 cm³/mol. The molecule has 0 fully saturated rings. The Kier molecular flexibility index (Phi) is 5.59. The average Bonchev–Trinajstić information content (AvgIpc) is 2.47. The van der Waals surface area contributed by atoms with Crippen molar-refractivity contribution in [2.45, 2.75) is 13.0 Å². The lowest BCUT2D eigenvalue weighted by Gasteiger charge is -2.11. The lowest BCUT2D eigenvalue weighted by atomic mass is 10.1. The average molecular weight is 336 g/mol. The van der Waals surface area contributed by atoms with E-state index in [-0.39, 0.29) is 0 Å². The first-order chi connectivity index (χ1) is 9.72. The Hall–Kier alpha value is -1.36. The minimum atomic E-state index is 0.453. The Morgan fingerprint density at radius 1 is 1.10 bits per heavy atom. The van der Waals surface area contributed by atoms with Crippen molar-refractivity contribution in [1.29, 1.82) is 0 Å². The van der Waals surface area contributed by atoms with Gasteiger partial charge >= 0.3 is 0 Å². The Balaban J connectivity index is 2.11. The number of benzene rings is 2. The fourth-order valence-corrected chi connectivity index (χ4v) is 2.20. The van der Waals surface area contributed by atoms with Crippen LogP contribution in [0.15, 0.2) is 46.9 Å². The van der Waals surface area contributed by atoms with Crippen LogP contribution in [-0.4, -0.2) is 13.7 Å². The molecule has 0 aliphatic carbocycles. The molecule has 0 amide bonds. The molecule has 2 aromatic carbocycles. The Bertz CT molecular complexity index is 555. The van der Waals surface area contributed by atoms with Gasteiger partial charge in [0.15, 0.2) is 0 Å². The van der Waals surface area contributed by atoms with Crippen LogP contribution in [0, 0.1) is 0 Å². The zero-order valence-corrected chi connectivity index (χ0v) is 13.0. The molecule has 0 radical (unpaired) electrons. The van der Waals surface area contributed by atoms with Gasteiger partial charge in [-0.3, -0.25) is 0 Å². The van der Waals surface area contributed by atoms with E-state index in [1.165, 1.54) is 5.56 Å². The first-order valence-corrected chi connectivity index (χ1v) is 7.26. The summed E-state index contributed by atoms with van der Waals surface area (Å²) in [6.45, 7) is 1.18. The van der Waals surface area contributed by atoms with E-state index in [2.05, 4.69) is 28.1 Å². The summed E-state index contributed by atoms with van der Waals surface area (Å²) in [5.41, 5.74) is 7.94. The molecule has 0 aromatic heterocycles. The van der Waals surface area contributed by atoms with Crippen molar-refractivity contribution in [3.63, 3.8) is 0 Å². The van der Waals surface area contributed by atoms with E-state index in [9.17, 15) is 0 Å². The zero-order chi connectivity index (χ0) is 14.4. The van der Waals surface area contributed by atoms with E-state index in [1.54, 1.807) is 7.11 Å². The zero-order valence-electron chi connectivity index (χ0n) is 11.4. The van der Waals surface area contributed by atoms with Crippen LogP contribution in [0.1, 0.15) is 11.1 Å². The number of methoxy groups -OCH3 is 1. The molecule has 0 aliphatic heterocycles. The van der Waals surface area contributed by atoms with Crippen molar-refractivity contribution in [3.05, 3.63) is 58.1 Å². The third kappa shape index (κ3) is 4.07. The number of rotatable bonds is 6.